The van der Waals surface area contributed by atoms with Gasteiger partial charge in [-0.25, -0.2) is 0 Å². The molecule has 0 aromatic heterocycles. The van der Waals surface area contributed by atoms with E-state index in [4.69, 9.17) is 0 Å². The number of amides is 2. The fourth-order valence-corrected chi connectivity index (χ4v) is 2.14. The van der Waals surface area contributed by atoms with Crippen LogP contribution < -0.4 is 10.2 Å². The number of anilines is 2. The summed E-state index contributed by atoms with van der Waals surface area (Å²) < 4.78 is 0. The maximum Gasteiger partial charge on any atom is 0.235 e. The average Bonchev–Trinajstić information content (AvgIpc) is 2.71. The first-order chi connectivity index (χ1) is 8.11. The molecule has 90 valence electrons. The van der Waals surface area contributed by atoms with Crippen molar-refractivity contribution in [3.05, 3.63) is 23.8 Å². The van der Waals surface area contributed by atoms with Gasteiger partial charge in [-0.05, 0) is 30.2 Å². The molecule has 0 fully saturated rings. The zero-order valence-electron chi connectivity index (χ0n) is 9.50. The third-order valence-corrected chi connectivity index (χ3v) is 3.27. The molecule has 17 heavy (non-hydrogen) atoms. The number of carbonyl (C=O) groups is 2. The molecule has 0 saturated heterocycles. The molecular weight excluding hydrogens is 284 g/mol. The van der Waals surface area contributed by atoms with E-state index in [0.29, 0.717) is 0 Å². The highest BCUT2D eigenvalue weighted by molar-refractivity contribution is 9.09. The summed E-state index contributed by atoms with van der Waals surface area (Å²) in [5.74, 6) is -0.0210. The molecule has 5 heteroatoms. The predicted molar refractivity (Wildman–Crippen MR) is 70.6 cm³/mol. The van der Waals surface area contributed by atoms with E-state index in [1.807, 2.05) is 18.2 Å². The van der Waals surface area contributed by atoms with Crippen LogP contribution in [-0.2, 0) is 16.0 Å². The molecule has 0 bridgehead atoms. The standard InChI is InChI=1S/C12H13BrN2O2/c1-8(16)15-5-4-9-6-10(2-3-11(9)15)14-12(17)7-13/h2-3,6H,4-5,7H2,1H3,(H,14,17). The van der Waals surface area contributed by atoms with Gasteiger partial charge in [0.2, 0.25) is 11.8 Å². The summed E-state index contributed by atoms with van der Waals surface area (Å²) in [7, 11) is 0. The first-order valence-corrected chi connectivity index (χ1v) is 6.51. The van der Waals surface area contributed by atoms with Crippen LogP contribution in [0.5, 0.6) is 0 Å². The van der Waals surface area contributed by atoms with Crippen LogP contribution in [0.4, 0.5) is 11.4 Å². The van der Waals surface area contributed by atoms with Crippen LogP contribution in [0.3, 0.4) is 0 Å². The van der Waals surface area contributed by atoms with E-state index in [1.54, 1.807) is 11.8 Å². The molecule has 0 radical (unpaired) electrons. The second-order valence-corrected chi connectivity index (χ2v) is 4.51. The van der Waals surface area contributed by atoms with Crippen molar-refractivity contribution < 1.29 is 9.59 Å². The second-order valence-electron chi connectivity index (χ2n) is 3.95. The van der Waals surface area contributed by atoms with E-state index < -0.39 is 0 Å². The Balaban J connectivity index is 2.22. The first kappa shape index (κ1) is 12.1. The lowest BCUT2D eigenvalue weighted by atomic mass is 10.1. The van der Waals surface area contributed by atoms with Crippen LogP contribution in [0, 0.1) is 0 Å². The Morgan fingerprint density at radius 2 is 2.24 bits per heavy atom. The summed E-state index contributed by atoms with van der Waals surface area (Å²) in [6.45, 7) is 2.29. The number of hydrogen-bond donors (Lipinski definition) is 1. The molecule has 0 saturated carbocycles. The van der Waals surface area contributed by atoms with Gasteiger partial charge in [0.05, 0.1) is 5.33 Å². The average molecular weight is 297 g/mol. The van der Waals surface area contributed by atoms with Crippen molar-refractivity contribution in [1.82, 2.24) is 0 Å². The minimum atomic E-state index is -0.0774. The number of carbonyl (C=O) groups excluding carboxylic acids is 2. The Labute approximate surface area is 108 Å². The normalized spacial score (nSPS) is 13.4. The Morgan fingerprint density at radius 1 is 1.47 bits per heavy atom. The predicted octanol–water partition coefficient (Wildman–Crippen LogP) is 1.93. The molecule has 4 nitrogen and oxygen atoms in total. The van der Waals surface area contributed by atoms with Crippen molar-refractivity contribution in [1.29, 1.82) is 0 Å². The third kappa shape index (κ3) is 2.49. The van der Waals surface area contributed by atoms with Crippen LogP contribution in [0.2, 0.25) is 0 Å². The van der Waals surface area contributed by atoms with Crippen LogP contribution >= 0.6 is 15.9 Å². The van der Waals surface area contributed by atoms with Gasteiger partial charge in [-0.15, -0.1) is 0 Å². The van der Waals surface area contributed by atoms with Crippen molar-refractivity contribution in [2.75, 3.05) is 22.1 Å². The van der Waals surface area contributed by atoms with E-state index >= 15 is 0 Å². The number of hydrogen-bond acceptors (Lipinski definition) is 2. The van der Waals surface area contributed by atoms with Crippen LogP contribution in [0.15, 0.2) is 18.2 Å². The lowest BCUT2D eigenvalue weighted by Crippen LogP contribution is -2.25. The number of nitrogens with zero attached hydrogens (tertiary/aromatic N) is 1. The molecule has 1 aromatic rings. The molecule has 0 atom stereocenters. The Kier molecular flexibility index (Phi) is 3.47. The van der Waals surface area contributed by atoms with Gasteiger partial charge in [0.1, 0.15) is 0 Å². The van der Waals surface area contributed by atoms with E-state index in [1.165, 1.54) is 0 Å². The summed E-state index contributed by atoms with van der Waals surface area (Å²) in [6, 6.07) is 5.63. The second kappa shape index (κ2) is 4.87. The van der Waals surface area contributed by atoms with Gasteiger partial charge < -0.3 is 10.2 Å². The number of fused-ring (bicyclic) bond motifs is 1. The number of halogens is 1. The van der Waals surface area contributed by atoms with Gasteiger partial charge in [0.15, 0.2) is 0 Å². The number of nitrogens with one attached hydrogen (secondary N) is 1. The molecule has 0 aliphatic carbocycles. The van der Waals surface area contributed by atoms with Crippen molar-refractivity contribution in [3.63, 3.8) is 0 Å². The number of alkyl halides is 1. The fourth-order valence-electron chi connectivity index (χ4n) is 2.00. The zero-order chi connectivity index (χ0) is 12.4. The fraction of sp³-hybridized carbons (Fsp3) is 0.333. The Bertz CT molecular complexity index is 474. The summed E-state index contributed by atoms with van der Waals surface area (Å²) in [4.78, 5) is 24.4. The van der Waals surface area contributed by atoms with Crippen molar-refractivity contribution in [2.24, 2.45) is 0 Å². The minimum Gasteiger partial charge on any atom is -0.325 e. The van der Waals surface area contributed by atoms with Crippen LogP contribution in [-0.4, -0.2) is 23.7 Å². The first-order valence-electron chi connectivity index (χ1n) is 5.38. The van der Waals surface area contributed by atoms with Gasteiger partial charge >= 0.3 is 0 Å². The maximum absolute atomic E-state index is 11.4. The van der Waals surface area contributed by atoms with E-state index in [0.717, 1.165) is 29.9 Å². The Morgan fingerprint density at radius 3 is 2.88 bits per heavy atom. The topological polar surface area (TPSA) is 49.4 Å². The van der Waals surface area contributed by atoms with Crippen molar-refractivity contribution in [3.8, 4) is 0 Å². The van der Waals surface area contributed by atoms with Crippen molar-refractivity contribution in [2.45, 2.75) is 13.3 Å². The number of rotatable bonds is 2. The van der Waals surface area contributed by atoms with Gasteiger partial charge in [-0.3, -0.25) is 9.59 Å². The SMILES string of the molecule is CC(=O)N1CCc2cc(NC(=O)CBr)ccc21. The highest BCUT2D eigenvalue weighted by atomic mass is 79.9. The molecule has 1 N–H and O–H groups in total. The molecular formula is C12H13BrN2O2. The highest BCUT2D eigenvalue weighted by Crippen LogP contribution is 2.30. The van der Waals surface area contributed by atoms with Gasteiger partial charge in [0, 0.05) is 24.8 Å². The summed E-state index contributed by atoms with van der Waals surface area (Å²) >= 11 is 3.10. The van der Waals surface area contributed by atoms with Crippen LogP contribution in [0.1, 0.15) is 12.5 Å². The largest absolute Gasteiger partial charge is 0.325 e. The molecule has 0 spiro atoms. The summed E-state index contributed by atoms with van der Waals surface area (Å²) in [5, 5.41) is 3.06. The monoisotopic (exact) mass is 296 g/mol. The quantitative estimate of drug-likeness (QED) is 0.848. The third-order valence-electron chi connectivity index (χ3n) is 2.76. The summed E-state index contributed by atoms with van der Waals surface area (Å²) in [6.07, 6.45) is 0.840. The van der Waals surface area contributed by atoms with E-state index in [9.17, 15) is 9.59 Å². The van der Waals surface area contributed by atoms with Gasteiger partial charge in [-0.1, -0.05) is 15.9 Å². The van der Waals surface area contributed by atoms with E-state index in [-0.39, 0.29) is 17.1 Å². The molecule has 2 amide bonds. The van der Waals surface area contributed by atoms with Crippen molar-refractivity contribution >= 4 is 39.1 Å². The van der Waals surface area contributed by atoms with Gasteiger partial charge in [-0.2, -0.15) is 0 Å². The molecule has 1 aliphatic heterocycles. The lowest BCUT2D eigenvalue weighted by molar-refractivity contribution is -0.116. The molecule has 0 unspecified atom stereocenters. The summed E-state index contributed by atoms with van der Waals surface area (Å²) in [5.41, 5.74) is 2.83. The minimum absolute atomic E-state index is 0.0565. The molecule has 2 rings (SSSR count). The smallest absolute Gasteiger partial charge is 0.235 e. The zero-order valence-corrected chi connectivity index (χ0v) is 11.1. The highest BCUT2D eigenvalue weighted by Gasteiger charge is 2.22. The molecule has 1 aromatic carbocycles. The van der Waals surface area contributed by atoms with E-state index in [2.05, 4.69) is 21.2 Å². The Hall–Kier alpha value is -1.36. The lowest BCUT2D eigenvalue weighted by Gasteiger charge is -2.14. The van der Waals surface area contributed by atoms with Crippen LogP contribution in [0.25, 0.3) is 0 Å². The maximum atomic E-state index is 11.4. The molecule has 1 aliphatic rings. The number of benzene rings is 1. The molecule has 1 heterocycles. The van der Waals surface area contributed by atoms with Gasteiger partial charge in [0.25, 0.3) is 0 Å².